The van der Waals surface area contributed by atoms with Crippen LogP contribution in [0.3, 0.4) is 0 Å². The fourth-order valence-corrected chi connectivity index (χ4v) is 3.00. The highest BCUT2D eigenvalue weighted by Crippen LogP contribution is 2.16. The van der Waals surface area contributed by atoms with Crippen molar-refractivity contribution in [2.75, 3.05) is 13.1 Å². The second-order valence-corrected chi connectivity index (χ2v) is 6.37. The summed E-state index contributed by atoms with van der Waals surface area (Å²) < 4.78 is 0. The van der Waals surface area contributed by atoms with Gasteiger partial charge in [-0.3, -0.25) is 9.59 Å². The molecule has 0 radical (unpaired) electrons. The van der Waals surface area contributed by atoms with Crippen LogP contribution in [0.4, 0.5) is 0 Å². The Morgan fingerprint density at radius 2 is 2.16 bits per heavy atom. The normalized spacial score (nSPS) is 14.0. The molecule has 1 N–H and O–H groups in total. The lowest BCUT2D eigenvalue weighted by atomic mass is 10.1. The molecule has 6 nitrogen and oxygen atoms in total. The number of hydrogen-bond donors (Lipinski definition) is 1. The van der Waals surface area contributed by atoms with Crippen molar-refractivity contribution < 1.29 is 9.59 Å². The number of benzene rings is 1. The molecule has 0 saturated carbocycles. The maximum absolute atomic E-state index is 12.7. The maximum Gasteiger partial charge on any atom is 0.257 e. The number of nitrogens with one attached hydrogen (secondary N) is 1. The summed E-state index contributed by atoms with van der Waals surface area (Å²) in [6.45, 7) is 4.89. The SMILES string of the molecule is Cc1cccc(CNC(=O)CN2CCCc3nc(C)ncc3C2=O)c1. The summed E-state index contributed by atoms with van der Waals surface area (Å²) in [5.41, 5.74) is 3.49. The molecule has 1 aliphatic rings. The lowest BCUT2D eigenvalue weighted by Gasteiger charge is -2.20. The first-order valence-electron chi connectivity index (χ1n) is 8.47. The third-order valence-corrected chi connectivity index (χ3v) is 4.25. The van der Waals surface area contributed by atoms with E-state index < -0.39 is 0 Å². The van der Waals surface area contributed by atoms with Gasteiger partial charge in [-0.05, 0) is 32.3 Å². The van der Waals surface area contributed by atoms with Gasteiger partial charge in [0.2, 0.25) is 5.91 Å². The van der Waals surface area contributed by atoms with E-state index in [2.05, 4.69) is 15.3 Å². The van der Waals surface area contributed by atoms with Gasteiger partial charge in [-0.25, -0.2) is 9.97 Å². The van der Waals surface area contributed by atoms with E-state index in [1.807, 2.05) is 38.1 Å². The minimum absolute atomic E-state index is 0.0535. The van der Waals surface area contributed by atoms with Gasteiger partial charge in [0.05, 0.1) is 17.8 Å². The first kappa shape index (κ1) is 17.1. The van der Waals surface area contributed by atoms with Crippen LogP contribution in [-0.4, -0.2) is 39.8 Å². The summed E-state index contributed by atoms with van der Waals surface area (Å²) in [6, 6.07) is 7.99. The van der Waals surface area contributed by atoms with E-state index in [1.54, 1.807) is 11.1 Å². The fourth-order valence-electron chi connectivity index (χ4n) is 3.00. The second-order valence-electron chi connectivity index (χ2n) is 6.37. The van der Waals surface area contributed by atoms with Crippen LogP contribution in [0, 0.1) is 13.8 Å². The molecule has 0 spiro atoms. The Kier molecular flexibility index (Phi) is 5.07. The van der Waals surface area contributed by atoms with Crippen LogP contribution in [0.15, 0.2) is 30.5 Å². The van der Waals surface area contributed by atoms with Gasteiger partial charge in [-0.1, -0.05) is 29.8 Å². The quantitative estimate of drug-likeness (QED) is 0.922. The van der Waals surface area contributed by atoms with E-state index >= 15 is 0 Å². The fraction of sp³-hybridized carbons (Fsp3) is 0.368. The molecule has 0 unspecified atom stereocenters. The number of amides is 2. The topological polar surface area (TPSA) is 75.2 Å². The van der Waals surface area contributed by atoms with Crippen molar-refractivity contribution in [3.05, 3.63) is 58.7 Å². The van der Waals surface area contributed by atoms with Crippen molar-refractivity contribution in [2.24, 2.45) is 0 Å². The summed E-state index contributed by atoms with van der Waals surface area (Å²) in [5, 5.41) is 2.88. The number of carbonyl (C=O) groups is 2. The number of aromatic nitrogens is 2. The van der Waals surface area contributed by atoms with Crippen molar-refractivity contribution in [3.63, 3.8) is 0 Å². The molecule has 130 valence electrons. The molecule has 0 saturated heterocycles. The molecular weight excluding hydrogens is 316 g/mol. The molecule has 0 aliphatic carbocycles. The van der Waals surface area contributed by atoms with Crippen molar-refractivity contribution in [1.29, 1.82) is 0 Å². The van der Waals surface area contributed by atoms with Gasteiger partial charge in [0.15, 0.2) is 0 Å². The van der Waals surface area contributed by atoms with Gasteiger partial charge in [-0.15, -0.1) is 0 Å². The van der Waals surface area contributed by atoms with Crippen molar-refractivity contribution in [1.82, 2.24) is 20.2 Å². The first-order chi connectivity index (χ1) is 12.0. The Bertz CT molecular complexity index is 804. The number of hydrogen-bond acceptors (Lipinski definition) is 4. The predicted molar refractivity (Wildman–Crippen MR) is 94.0 cm³/mol. The Morgan fingerprint density at radius 1 is 1.32 bits per heavy atom. The number of fused-ring (bicyclic) bond motifs is 1. The monoisotopic (exact) mass is 338 g/mol. The molecule has 0 atom stereocenters. The van der Waals surface area contributed by atoms with Crippen LogP contribution in [0.2, 0.25) is 0 Å². The molecule has 3 rings (SSSR count). The average Bonchev–Trinajstić information content (AvgIpc) is 2.72. The first-order valence-corrected chi connectivity index (χ1v) is 8.47. The van der Waals surface area contributed by atoms with Crippen molar-refractivity contribution >= 4 is 11.8 Å². The van der Waals surface area contributed by atoms with Crippen molar-refractivity contribution in [2.45, 2.75) is 33.2 Å². The Hall–Kier alpha value is -2.76. The van der Waals surface area contributed by atoms with Gasteiger partial charge in [0.25, 0.3) is 5.91 Å². The van der Waals surface area contributed by atoms with E-state index in [0.29, 0.717) is 24.5 Å². The summed E-state index contributed by atoms with van der Waals surface area (Å²) in [6.07, 6.45) is 3.09. The second kappa shape index (κ2) is 7.42. The lowest BCUT2D eigenvalue weighted by Crippen LogP contribution is -2.40. The van der Waals surface area contributed by atoms with Crippen LogP contribution < -0.4 is 5.32 Å². The minimum atomic E-state index is -0.168. The number of carbonyl (C=O) groups excluding carboxylic acids is 2. The van der Waals surface area contributed by atoms with E-state index in [-0.39, 0.29) is 18.4 Å². The molecular formula is C19H22N4O2. The molecule has 1 aromatic carbocycles. The summed E-state index contributed by atoms with van der Waals surface area (Å²) >= 11 is 0. The highest BCUT2D eigenvalue weighted by Gasteiger charge is 2.25. The zero-order valence-electron chi connectivity index (χ0n) is 14.6. The van der Waals surface area contributed by atoms with Crippen LogP contribution in [0.1, 0.15) is 39.4 Å². The van der Waals surface area contributed by atoms with Gasteiger partial charge < -0.3 is 10.2 Å². The van der Waals surface area contributed by atoms with Crippen LogP contribution in [0.5, 0.6) is 0 Å². The smallest absolute Gasteiger partial charge is 0.257 e. The van der Waals surface area contributed by atoms with E-state index in [9.17, 15) is 9.59 Å². The molecule has 6 heteroatoms. The molecule has 25 heavy (non-hydrogen) atoms. The maximum atomic E-state index is 12.7. The van der Waals surface area contributed by atoms with Gasteiger partial charge in [-0.2, -0.15) is 0 Å². The molecule has 2 aromatic rings. The van der Waals surface area contributed by atoms with Gasteiger partial charge >= 0.3 is 0 Å². The Balaban J connectivity index is 1.63. The average molecular weight is 338 g/mol. The molecule has 2 heterocycles. The number of nitrogens with zero attached hydrogens (tertiary/aromatic N) is 3. The lowest BCUT2D eigenvalue weighted by molar-refractivity contribution is -0.122. The zero-order valence-corrected chi connectivity index (χ0v) is 14.6. The molecule has 1 aliphatic heterocycles. The van der Waals surface area contributed by atoms with Crippen LogP contribution >= 0.6 is 0 Å². The van der Waals surface area contributed by atoms with E-state index in [0.717, 1.165) is 29.7 Å². The molecule has 0 fully saturated rings. The van der Waals surface area contributed by atoms with Crippen LogP contribution in [0.25, 0.3) is 0 Å². The highest BCUT2D eigenvalue weighted by atomic mass is 16.2. The van der Waals surface area contributed by atoms with Gasteiger partial charge in [0, 0.05) is 19.3 Å². The molecule has 1 aromatic heterocycles. The van der Waals surface area contributed by atoms with Gasteiger partial charge in [0.1, 0.15) is 5.82 Å². The summed E-state index contributed by atoms with van der Waals surface area (Å²) in [4.78, 5) is 35.0. The van der Waals surface area contributed by atoms with Crippen LogP contribution in [-0.2, 0) is 17.8 Å². The molecule has 2 amide bonds. The largest absolute Gasteiger partial charge is 0.350 e. The van der Waals surface area contributed by atoms with E-state index in [1.165, 1.54) is 0 Å². The molecule has 0 bridgehead atoms. The standard InChI is InChI=1S/C19H22N4O2/c1-13-5-3-6-15(9-13)10-21-18(24)12-23-8-4-7-17-16(19(23)25)11-20-14(2)22-17/h3,5-6,9,11H,4,7-8,10,12H2,1-2H3,(H,21,24). The number of aryl methyl sites for hydroxylation is 3. The Morgan fingerprint density at radius 3 is 2.96 bits per heavy atom. The minimum Gasteiger partial charge on any atom is -0.350 e. The third-order valence-electron chi connectivity index (χ3n) is 4.25. The predicted octanol–water partition coefficient (Wildman–Crippen LogP) is 1.80. The third kappa shape index (κ3) is 4.21. The zero-order chi connectivity index (χ0) is 17.8. The highest BCUT2D eigenvalue weighted by molar-refractivity contribution is 5.97. The summed E-state index contributed by atoms with van der Waals surface area (Å²) in [7, 11) is 0. The van der Waals surface area contributed by atoms with Crippen molar-refractivity contribution in [3.8, 4) is 0 Å². The summed E-state index contributed by atoms with van der Waals surface area (Å²) in [5.74, 6) is 0.334. The Labute approximate surface area is 147 Å². The van der Waals surface area contributed by atoms with E-state index in [4.69, 9.17) is 0 Å². The number of rotatable bonds is 4.